The number of likely N-dealkylation sites (N-methyl/N-ethyl adjacent to an activating group) is 1. The molecule has 0 atom stereocenters. The van der Waals surface area contributed by atoms with Crippen molar-refractivity contribution in [3.8, 4) is 0 Å². The highest BCUT2D eigenvalue weighted by molar-refractivity contribution is 7.13. The highest BCUT2D eigenvalue weighted by atomic mass is 32.1. The summed E-state index contributed by atoms with van der Waals surface area (Å²) in [5.41, 5.74) is 2.27. The van der Waals surface area contributed by atoms with Crippen LogP contribution in [0.3, 0.4) is 0 Å². The van der Waals surface area contributed by atoms with E-state index < -0.39 is 0 Å². The van der Waals surface area contributed by atoms with Gasteiger partial charge in [0.15, 0.2) is 0 Å². The normalized spacial score (nSPS) is 17.0. The van der Waals surface area contributed by atoms with Crippen molar-refractivity contribution in [2.24, 2.45) is 0 Å². The highest BCUT2D eigenvalue weighted by Crippen LogP contribution is 2.30. The van der Waals surface area contributed by atoms with E-state index >= 15 is 0 Å². The van der Waals surface area contributed by atoms with Crippen molar-refractivity contribution in [2.45, 2.75) is 0 Å². The Balaban J connectivity index is 2.11. The quantitative estimate of drug-likeness (QED) is 0.754. The smallest absolute Gasteiger partial charge is 0.124 e. The van der Waals surface area contributed by atoms with Crippen LogP contribution in [0.5, 0.6) is 0 Å². The number of hydrogen-bond acceptors (Lipinski definition) is 3. The molecule has 1 aliphatic heterocycles. The summed E-state index contributed by atoms with van der Waals surface area (Å²) in [5, 5.41) is 1.06. The molecule has 0 amide bonds. The van der Waals surface area contributed by atoms with Gasteiger partial charge in [0, 0.05) is 18.5 Å². The molecule has 0 fully saturated rings. The van der Waals surface area contributed by atoms with Crippen LogP contribution in [0.4, 0.5) is 4.39 Å². The fourth-order valence-electron chi connectivity index (χ4n) is 2.00. The van der Waals surface area contributed by atoms with Gasteiger partial charge in [0.25, 0.3) is 0 Å². The van der Waals surface area contributed by atoms with Gasteiger partial charge in [0.2, 0.25) is 0 Å². The van der Waals surface area contributed by atoms with E-state index in [4.69, 9.17) is 0 Å². The third-order valence-electron chi connectivity index (χ3n) is 2.83. The zero-order valence-corrected chi connectivity index (χ0v) is 9.72. The van der Waals surface area contributed by atoms with Crippen molar-refractivity contribution in [2.75, 3.05) is 20.1 Å². The lowest BCUT2D eigenvalue weighted by atomic mass is 10.1. The van der Waals surface area contributed by atoms with Gasteiger partial charge >= 0.3 is 0 Å². The van der Waals surface area contributed by atoms with Crippen molar-refractivity contribution < 1.29 is 4.39 Å². The molecule has 0 aliphatic carbocycles. The van der Waals surface area contributed by atoms with Gasteiger partial charge in [-0.25, -0.2) is 4.39 Å². The number of benzene rings is 1. The monoisotopic (exact) mass is 234 g/mol. The molecule has 2 aromatic rings. The van der Waals surface area contributed by atoms with Gasteiger partial charge in [-0.15, -0.1) is 0 Å². The van der Waals surface area contributed by atoms with Crippen LogP contribution < -0.4 is 0 Å². The maximum Gasteiger partial charge on any atom is 0.124 e. The fraction of sp³-hybridized carbons (Fsp3) is 0.250. The van der Waals surface area contributed by atoms with E-state index in [9.17, 15) is 4.39 Å². The second-order valence-electron chi connectivity index (χ2n) is 4.10. The van der Waals surface area contributed by atoms with Crippen molar-refractivity contribution in [3.63, 3.8) is 0 Å². The lowest BCUT2D eigenvalue weighted by Gasteiger charge is -2.06. The van der Waals surface area contributed by atoms with Crippen LogP contribution >= 0.6 is 11.5 Å². The molecule has 0 unspecified atom stereocenters. The number of rotatable bonds is 1. The molecule has 4 heteroatoms. The molecule has 2 heterocycles. The zero-order valence-electron chi connectivity index (χ0n) is 8.90. The van der Waals surface area contributed by atoms with Gasteiger partial charge in [0.1, 0.15) is 5.82 Å². The third kappa shape index (κ3) is 1.54. The largest absolute Gasteiger partial charge is 0.298 e. The molecule has 2 nitrogen and oxygen atoms in total. The Bertz CT molecular complexity index is 573. The highest BCUT2D eigenvalue weighted by Gasteiger charge is 2.16. The van der Waals surface area contributed by atoms with Gasteiger partial charge in [-0.3, -0.25) is 4.90 Å². The molecule has 0 N–H and O–H groups in total. The zero-order chi connectivity index (χ0) is 11.1. The van der Waals surface area contributed by atoms with E-state index in [1.165, 1.54) is 23.2 Å². The Kier molecular flexibility index (Phi) is 2.26. The second-order valence-corrected chi connectivity index (χ2v) is 4.90. The summed E-state index contributed by atoms with van der Waals surface area (Å²) >= 11 is 1.37. The molecule has 0 saturated carbocycles. The average Bonchev–Trinajstić information content (AvgIpc) is 2.83. The molecule has 0 saturated heterocycles. The number of aromatic nitrogens is 1. The SMILES string of the molecule is CN1CC=C(c2nsc3cc(F)ccc23)C1. The van der Waals surface area contributed by atoms with Gasteiger partial charge in [0.05, 0.1) is 10.4 Å². The first-order valence-corrected chi connectivity index (χ1v) is 5.94. The molecular formula is C12H11FN2S. The minimum Gasteiger partial charge on any atom is -0.298 e. The number of fused-ring (bicyclic) bond motifs is 1. The summed E-state index contributed by atoms with van der Waals surface area (Å²) in [4.78, 5) is 2.23. The Morgan fingerprint density at radius 2 is 2.31 bits per heavy atom. The third-order valence-corrected chi connectivity index (χ3v) is 3.64. The first-order chi connectivity index (χ1) is 7.74. The minimum atomic E-state index is -0.194. The summed E-state index contributed by atoms with van der Waals surface area (Å²) < 4.78 is 18.4. The van der Waals surface area contributed by atoms with Gasteiger partial charge in [-0.1, -0.05) is 6.08 Å². The molecule has 0 bridgehead atoms. The van der Waals surface area contributed by atoms with E-state index in [0.29, 0.717) is 0 Å². The van der Waals surface area contributed by atoms with Crippen molar-refractivity contribution in [1.29, 1.82) is 0 Å². The van der Waals surface area contributed by atoms with E-state index in [1.54, 1.807) is 6.07 Å². The van der Waals surface area contributed by atoms with Crippen molar-refractivity contribution >= 4 is 27.2 Å². The molecule has 1 aliphatic rings. The molecular weight excluding hydrogens is 223 g/mol. The summed E-state index contributed by atoms with van der Waals surface area (Å²) in [6, 6.07) is 4.87. The van der Waals surface area contributed by atoms with Crippen LogP contribution in [0.1, 0.15) is 5.69 Å². The van der Waals surface area contributed by atoms with Crippen LogP contribution in [-0.4, -0.2) is 29.4 Å². The fourth-order valence-corrected chi connectivity index (χ4v) is 2.83. The predicted octanol–water partition coefficient (Wildman–Crippen LogP) is 2.76. The van der Waals surface area contributed by atoms with Gasteiger partial charge in [-0.05, 0) is 42.4 Å². The van der Waals surface area contributed by atoms with Crippen molar-refractivity contribution in [3.05, 3.63) is 35.8 Å². The second kappa shape index (κ2) is 3.64. The Morgan fingerprint density at radius 3 is 3.06 bits per heavy atom. The molecule has 82 valence electrons. The van der Waals surface area contributed by atoms with Crippen LogP contribution in [0.25, 0.3) is 15.7 Å². The average molecular weight is 234 g/mol. The lowest BCUT2D eigenvalue weighted by Crippen LogP contribution is -2.13. The van der Waals surface area contributed by atoms with Crippen LogP contribution in [0.2, 0.25) is 0 Å². The first kappa shape index (κ1) is 9.93. The van der Waals surface area contributed by atoms with Gasteiger partial charge < -0.3 is 0 Å². The van der Waals surface area contributed by atoms with E-state index in [-0.39, 0.29) is 5.82 Å². The molecule has 16 heavy (non-hydrogen) atoms. The minimum absolute atomic E-state index is 0.194. The standard InChI is InChI=1S/C12H11FN2S/c1-15-5-4-8(7-15)12-10-3-2-9(13)6-11(10)16-14-12/h2-4,6H,5,7H2,1H3. The first-order valence-electron chi connectivity index (χ1n) is 5.17. The van der Waals surface area contributed by atoms with E-state index in [2.05, 4.69) is 22.4 Å². The number of hydrogen-bond donors (Lipinski definition) is 0. The Labute approximate surface area is 97.2 Å². The summed E-state index contributed by atoms with van der Waals surface area (Å²) in [6.07, 6.45) is 2.19. The maximum absolute atomic E-state index is 13.0. The molecule has 0 radical (unpaired) electrons. The maximum atomic E-state index is 13.0. The predicted molar refractivity (Wildman–Crippen MR) is 65.1 cm³/mol. The topological polar surface area (TPSA) is 16.1 Å². The number of nitrogens with zero attached hydrogens (tertiary/aromatic N) is 2. The Hall–Kier alpha value is -1.26. The molecule has 0 spiro atoms. The molecule has 1 aromatic heterocycles. The number of halogens is 1. The lowest BCUT2D eigenvalue weighted by molar-refractivity contribution is 0.438. The van der Waals surface area contributed by atoms with E-state index in [0.717, 1.165) is 28.9 Å². The van der Waals surface area contributed by atoms with Crippen LogP contribution in [0.15, 0.2) is 24.3 Å². The van der Waals surface area contributed by atoms with Crippen LogP contribution in [0, 0.1) is 5.82 Å². The summed E-state index contributed by atoms with van der Waals surface area (Å²) in [5.74, 6) is -0.194. The molecule has 3 rings (SSSR count). The van der Waals surface area contributed by atoms with E-state index in [1.807, 2.05) is 6.07 Å². The summed E-state index contributed by atoms with van der Waals surface area (Å²) in [7, 11) is 2.08. The van der Waals surface area contributed by atoms with Crippen molar-refractivity contribution in [1.82, 2.24) is 9.27 Å². The summed E-state index contributed by atoms with van der Waals surface area (Å²) in [6.45, 7) is 1.89. The van der Waals surface area contributed by atoms with Gasteiger partial charge in [-0.2, -0.15) is 4.37 Å². The van der Waals surface area contributed by atoms with Crippen LogP contribution in [-0.2, 0) is 0 Å². The molecule has 1 aromatic carbocycles. The Morgan fingerprint density at radius 1 is 1.44 bits per heavy atom.